The summed E-state index contributed by atoms with van der Waals surface area (Å²) in [5.41, 5.74) is 0. The van der Waals surface area contributed by atoms with Gasteiger partial charge in [0.1, 0.15) is 0 Å². The third-order valence-corrected chi connectivity index (χ3v) is 4.15. The molecule has 2 saturated heterocycles. The first kappa shape index (κ1) is 16.7. The zero-order valence-electron chi connectivity index (χ0n) is 12.0. The second-order valence-corrected chi connectivity index (χ2v) is 5.83. The summed E-state index contributed by atoms with van der Waals surface area (Å²) in [4.78, 5) is 11.9. The lowest BCUT2D eigenvalue weighted by Gasteiger charge is -2.30. The van der Waals surface area contributed by atoms with Gasteiger partial charge < -0.3 is 15.4 Å². The Kier molecular flexibility index (Phi) is 7.11. The average molecular weight is 291 g/mol. The Morgan fingerprint density at radius 1 is 1.32 bits per heavy atom. The van der Waals surface area contributed by atoms with Gasteiger partial charge in [0, 0.05) is 12.5 Å². The van der Waals surface area contributed by atoms with Crippen LogP contribution in [0.2, 0.25) is 0 Å². The molecule has 0 aliphatic carbocycles. The standard InChI is InChI=1S/C14H26N2O2.ClH/c1-10-9-15-8-7-13(10)16-14(17)6-5-12-4-3-11(2)18-12;/h10-13,15H,3-9H2,1-2H3,(H,16,17);1H. The summed E-state index contributed by atoms with van der Waals surface area (Å²) in [5.74, 6) is 0.724. The Labute approximate surface area is 122 Å². The van der Waals surface area contributed by atoms with Gasteiger partial charge in [-0.15, -0.1) is 12.4 Å². The van der Waals surface area contributed by atoms with Crippen LogP contribution in [0.1, 0.15) is 46.0 Å². The molecule has 1 amide bonds. The van der Waals surface area contributed by atoms with E-state index in [-0.39, 0.29) is 18.3 Å². The smallest absolute Gasteiger partial charge is 0.220 e. The van der Waals surface area contributed by atoms with Crippen LogP contribution in [0.5, 0.6) is 0 Å². The lowest BCUT2D eigenvalue weighted by atomic mass is 9.95. The van der Waals surface area contributed by atoms with Gasteiger partial charge in [-0.05, 0) is 51.6 Å². The van der Waals surface area contributed by atoms with Gasteiger partial charge in [-0.25, -0.2) is 0 Å². The molecule has 0 spiro atoms. The van der Waals surface area contributed by atoms with Crippen LogP contribution in [-0.2, 0) is 9.53 Å². The molecule has 0 aromatic carbocycles. The Hall–Kier alpha value is -0.320. The fourth-order valence-corrected chi connectivity index (χ4v) is 2.90. The Morgan fingerprint density at radius 3 is 2.74 bits per heavy atom. The van der Waals surface area contributed by atoms with Crippen LogP contribution in [0.15, 0.2) is 0 Å². The fourth-order valence-electron chi connectivity index (χ4n) is 2.90. The van der Waals surface area contributed by atoms with E-state index in [9.17, 15) is 4.79 Å². The predicted octanol–water partition coefficient (Wildman–Crippen LogP) is 1.87. The van der Waals surface area contributed by atoms with E-state index in [2.05, 4.69) is 24.5 Å². The molecular weight excluding hydrogens is 264 g/mol. The zero-order valence-corrected chi connectivity index (χ0v) is 12.8. The monoisotopic (exact) mass is 290 g/mol. The van der Waals surface area contributed by atoms with E-state index in [1.165, 1.54) is 0 Å². The van der Waals surface area contributed by atoms with Crippen molar-refractivity contribution in [1.29, 1.82) is 0 Å². The molecule has 4 nitrogen and oxygen atoms in total. The number of halogens is 1. The second-order valence-electron chi connectivity index (χ2n) is 5.83. The first-order valence-electron chi connectivity index (χ1n) is 7.30. The maximum absolute atomic E-state index is 11.9. The van der Waals surface area contributed by atoms with Gasteiger partial charge in [0.2, 0.25) is 5.91 Å². The summed E-state index contributed by atoms with van der Waals surface area (Å²) in [7, 11) is 0. The lowest BCUT2D eigenvalue weighted by molar-refractivity contribution is -0.123. The summed E-state index contributed by atoms with van der Waals surface area (Å²) in [6.45, 7) is 6.32. The number of hydrogen-bond donors (Lipinski definition) is 2. The van der Waals surface area contributed by atoms with Crippen LogP contribution in [0.4, 0.5) is 0 Å². The van der Waals surface area contributed by atoms with Gasteiger partial charge in [-0.2, -0.15) is 0 Å². The molecule has 2 aliphatic heterocycles. The summed E-state index contributed by atoms with van der Waals surface area (Å²) in [6, 6.07) is 0.349. The quantitative estimate of drug-likeness (QED) is 0.831. The van der Waals surface area contributed by atoms with Gasteiger partial charge in [0.15, 0.2) is 0 Å². The number of amides is 1. The third-order valence-electron chi connectivity index (χ3n) is 4.15. The molecule has 5 heteroatoms. The molecule has 0 radical (unpaired) electrons. The molecular formula is C14H27ClN2O2. The highest BCUT2D eigenvalue weighted by Gasteiger charge is 2.25. The van der Waals surface area contributed by atoms with Crippen molar-refractivity contribution >= 4 is 18.3 Å². The molecule has 2 rings (SSSR count). The third kappa shape index (κ3) is 5.28. The summed E-state index contributed by atoms with van der Waals surface area (Å²) in [5, 5.41) is 6.52. The van der Waals surface area contributed by atoms with Crippen molar-refractivity contribution in [3.8, 4) is 0 Å². The van der Waals surface area contributed by atoms with Crippen LogP contribution in [0, 0.1) is 5.92 Å². The van der Waals surface area contributed by atoms with E-state index in [1.54, 1.807) is 0 Å². The van der Waals surface area contributed by atoms with E-state index >= 15 is 0 Å². The van der Waals surface area contributed by atoms with Gasteiger partial charge in [0.25, 0.3) is 0 Å². The number of hydrogen-bond acceptors (Lipinski definition) is 3. The molecule has 2 fully saturated rings. The molecule has 4 atom stereocenters. The molecule has 0 bridgehead atoms. The first-order chi connectivity index (χ1) is 8.65. The van der Waals surface area contributed by atoms with Crippen LogP contribution in [0.25, 0.3) is 0 Å². The molecule has 2 heterocycles. The number of ether oxygens (including phenoxy) is 1. The highest BCUT2D eigenvalue weighted by molar-refractivity contribution is 5.85. The summed E-state index contributed by atoms with van der Waals surface area (Å²) < 4.78 is 5.73. The maximum Gasteiger partial charge on any atom is 0.220 e. The normalized spacial score (nSPS) is 34.6. The summed E-state index contributed by atoms with van der Waals surface area (Å²) >= 11 is 0. The topological polar surface area (TPSA) is 50.4 Å². The average Bonchev–Trinajstić information content (AvgIpc) is 2.76. The number of carbonyl (C=O) groups excluding carboxylic acids is 1. The van der Waals surface area contributed by atoms with Crippen LogP contribution < -0.4 is 10.6 Å². The number of piperidine rings is 1. The molecule has 112 valence electrons. The van der Waals surface area contributed by atoms with Crippen molar-refractivity contribution in [3.63, 3.8) is 0 Å². The van der Waals surface area contributed by atoms with E-state index in [1.807, 2.05) is 0 Å². The van der Waals surface area contributed by atoms with Crippen molar-refractivity contribution in [2.75, 3.05) is 13.1 Å². The Bertz CT molecular complexity index is 289. The van der Waals surface area contributed by atoms with E-state index in [0.29, 0.717) is 30.6 Å². The van der Waals surface area contributed by atoms with Crippen molar-refractivity contribution in [3.05, 3.63) is 0 Å². The van der Waals surface area contributed by atoms with Gasteiger partial charge in [-0.3, -0.25) is 4.79 Å². The number of carbonyl (C=O) groups is 1. The molecule has 2 N–H and O–H groups in total. The van der Waals surface area contributed by atoms with E-state index in [4.69, 9.17) is 4.74 Å². The largest absolute Gasteiger partial charge is 0.375 e. The number of nitrogens with one attached hydrogen (secondary N) is 2. The van der Waals surface area contributed by atoms with E-state index in [0.717, 1.165) is 38.8 Å². The SMILES string of the molecule is CC1CCC(CCC(=O)NC2CCNCC2C)O1.Cl. The minimum absolute atomic E-state index is 0. The highest BCUT2D eigenvalue weighted by Crippen LogP contribution is 2.22. The molecule has 0 saturated carbocycles. The van der Waals surface area contributed by atoms with Gasteiger partial charge in [0.05, 0.1) is 12.2 Å². The van der Waals surface area contributed by atoms with Crippen molar-refractivity contribution < 1.29 is 9.53 Å². The van der Waals surface area contributed by atoms with Crippen LogP contribution in [0.3, 0.4) is 0 Å². The van der Waals surface area contributed by atoms with Crippen molar-refractivity contribution in [2.24, 2.45) is 5.92 Å². The fraction of sp³-hybridized carbons (Fsp3) is 0.929. The molecule has 0 aromatic heterocycles. The minimum Gasteiger partial charge on any atom is -0.375 e. The first-order valence-corrected chi connectivity index (χ1v) is 7.30. The predicted molar refractivity (Wildman–Crippen MR) is 78.6 cm³/mol. The zero-order chi connectivity index (χ0) is 13.0. The van der Waals surface area contributed by atoms with Crippen LogP contribution >= 0.6 is 12.4 Å². The van der Waals surface area contributed by atoms with Gasteiger partial charge >= 0.3 is 0 Å². The minimum atomic E-state index is 0. The Balaban J connectivity index is 0.00000180. The molecule has 2 aliphatic rings. The van der Waals surface area contributed by atoms with Crippen molar-refractivity contribution in [1.82, 2.24) is 10.6 Å². The Morgan fingerprint density at radius 2 is 2.11 bits per heavy atom. The van der Waals surface area contributed by atoms with Crippen LogP contribution in [-0.4, -0.2) is 37.2 Å². The lowest BCUT2D eigenvalue weighted by Crippen LogP contribution is -2.48. The number of rotatable bonds is 4. The van der Waals surface area contributed by atoms with Crippen molar-refractivity contribution in [2.45, 2.75) is 64.2 Å². The second kappa shape index (κ2) is 8.08. The van der Waals surface area contributed by atoms with Gasteiger partial charge in [-0.1, -0.05) is 6.92 Å². The summed E-state index contributed by atoms with van der Waals surface area (Å²) in [6.07, 6.45) is 5.45. The highest BCUT2D eigenvalue weighted by atomic mass is 35.5. The molecule has 19 heavy (non-hydrogen) atoms. The molecule has 0 aromatic rings. The van der Waals surface area contributed by atoms with E-state index < -0.39 is 0 Å². The molecule has 4 unspecified atom stereocenters. The maximum atomic E-state index is 11.9.